The topological polar surface area (TPSA) is 9.72 Å². The average molecular weight is 986 g/mol. The van der Waals surface area contributed by atoms with E-state index in [4.69, 9.17) is 0 Å². The Bertz CT molecular complexity index is 3260. The Morgan fingerprint density at radius 3 is 1.47 bits per heavy atom. The van der Waals surface area contributed by atoms with Crippen LogP contribution >= 0.6 is 11.3 Å². The molecule has 0 saturated heterocycles. The Balaban J connectivity index is 1.25. The SMILES string of the molecule is CN1c2cc(N(c3ccc(C(C)(C)C)cc3)c3ccc(C(C)(C)C)cc3)cc3c2B(c2cc4c(cc2N3c2ccc([Si](C)(C)C)cc2)C(C)(C)CCC4(C)C)c2sc3cc4c(cc3c21)C(C)(C)CCC4(C)C. The zero-order valence-corrected chi connectivity index (χ0v) is 48.9. The van der Waals surface area contributed by atoms with E-state index in [0.29, 0.717) is 0 Å². The second-order valence-electron chi connectivity index (χ2n) is 28.2. The van der Waals surface area contributed by atoms with Gasteiger partial charge in [0, 0.05) is 56.0 Å². The monoisotopic (exact) mass is 986 g/mol. The summed E-state index contributed by atoms with van der Waals surface area (Å²) in [5.74, 6) is 0. The second-order valence-corrected chi connectivity index (χ2v) is 34.3. The van der Waals surface area contributed by atoms with Crippen LogP contribution in [-0.4, -0.2) is 21.8 Å². The maximum atomic E-state index is 2.71. The maximum absolute atomic E-state index is 2.71. The molecule has 372 valence electrons. The van der Waals surface area contributed by atoms with E-state index in [1.165, 1.54) is 118 Å². The highest BCUT2D eigenvalue weighted by Gasteiger charge is 2.48. The molecule has 0 atom stereocenters. The van der Waals surface area contributed by atoms with Crippen LogP contribution in [0.4, 0.5) is 45.5 Å². The van der Waals surface area contributed by atoms with Crippen molar-refractivity contribution >= 4 is 103 Å². The molecule has 6 heteroatoms. The highest BCUT2D eigenvalue weighted by atomic mass is 32.1. The molecule has 0 bridgehead atoms. The van der Waals surface area contributed by atoms with Gasteiger partial charge in [0.2, 0.25) is 0 Å². The Morgan fingerprint density at radius 2 is 0.986 bits per heavy atom. The van der Waals surface area contributed by atoms with Gasteiger partial charge in [0.05, 0.1) is 19.4 Å². The van der Waals surface area contributed by atoms with E-state index in [-0.39, 0.29) is 39.2 Å². The minimum absolute atomic E-state index is 0.0402. The second kappa shape index (κ2) is 16.0. The van der Waals surface area contributed by atoms with Crippen LogP contribution in [-0.2, 0) is 32.5 Å². The van der Waals surface area contributed by atoms with E-state index >= 15 is 0 Å². The minimum Gasteiger partial charge on any atom is -0.344 e. The molecule has 4 aliphatic rings. The third-order valence-electron chi connectivity index (χ3n) is 18.1. The highest BCUT2D eigenvalue weighted by Crippen LogP contribution is 2.54. The van der Waals surface area contributed by atoms with Crippen molar-refractivity contribution in [1.82, 2.24) is 0 Å². The summed E-state index contributed by atoms with van der Waals surface area (Å²) in [6.07, 6.45) is 4.75. The van der Waals surface area contributed by atoms with Gasteiger partial charge in [0.15, 0.2) is 0 Å². The molecule has 6 aromatic carbocycles. The van der Waals surface area contributed by atoms with Crippen LogP contribution in [0.5, 0.6) is 0 Å². The molecule has 0 fully saturated rings. The molecule has 0 radical (unpaired) electrons. The first-order chi connectivity index (χ1) is 33.5. The number of hydrogen-bond donors (Lipinski definition) is 0. The van der Waals surface area contributed by atoms with Crippen molar-refractivity contribution in [3.63, 3.8) is 0 Å². The van der Waals surface area contributed by atoms with E-state index < -0.39 is 8.07 Å². The minimum atomic E-state index is -1.58. The fourth-order valence-corrected chi connectivity index (χ4v) is 15.5. The molecule has 0 N–H and O–H groups in total. The fraction of sp³-hybridized carbons (Fsp3) is 0.424. The van der Waals surface area contributed by atoms with Crippen molar-refractivity contribution < 1.29 is 0 Å². The molecule has 72 heavy (non-hydrogen) atoms. The summed E-state index contributed by atoms with van der Waals surface area (Å²) in [5, 5.41) is 2.88. The molecule has 2 aliphatic heterocycles. The van der Waals surface area contributed by atoms with Gasteiger partial charge in [0.1, 0.15) is 0 Å². The van der Waals surface area contributed by atoms with Crippen LogP contribution in [0.1, 0.15) is 156 Å². The van der Waals surface area contributed by atoms with Crippen LogP contribution in [0.2, 0.25) is 19.6 Å². The Hall–Kier alpha value is -5.04. The van der Waals surface area contributed by atoms with E-state index in [1.807, 2.05) is 0 Å². The zero-order valence-electron chi connectivity index (χ0n) is 47.0. The van der Waals surface area contributed by atoms with Gasteiger partial charge in [-0.2, -0.15) is 0 Å². The number of benzene rings is 6. The third-order valence-corrected chi connectivity index (χ3v) is 21.3. The molecule has 3 nitrogen and oxygen atoms in total. The van der Waals surface area contributed by atoms with Crippen LogP contribution in [0, 0.1) is 0 Å². The molecule has 0 spiro atoms. The lowest BCUT2D eigenvalue weighted by atomic mass is 9.35. The Labute approximate surface area is 439 Å². The third kappa shape index (κ3) is 7.77. The van der Waals surface area contributed by atoms with E-state index in [1.54, 1.807) is 0 Å². The lowest BCUT2D eigenvalue weighted by molar-refractivity contribution is 0.332. The Morgan fingerprint density at radius 1 is 0.528 bits per heavy atom. The molecule has 0 saturated carbocycles. The summed E-state index contributed by atoms with van der Waals surface area (Å²) in [7, 11) is 0.797. The number of nitrogens with zero attached hydrogens (tertiary/aromatic N) is 3. The molecule has 3 heterocycles. The van der Waals surface area contributed by atoms with Gasteiger partial charge in [-0.15, -0.1) is 11.3 Å². The first-order valence-electron chi connectivity index (χ1n) is 27.1. The van der Waals surface area contributed by atoms with Gasteiger partial charge in [-0.05, 0) is 169 Å². The lowest BCUT2D eigenvalue weighted by Gasteiger charge is -2.47. The summed E-state index contributed by atoms with van der Waals surface area (Å²) in [6, 6.07) is 44.3. The van der Waals surface area contributed by atoms with Crippen molar-refractivity contribution in [2.45, 2.75) is 175 Å². The zero-order chi connectivity index (χ0) is 51.6. The van der Waals surface area contributed by atoms with Gasteiger partial charge >= 0.3 is 0 Å². The maximum Gasteiger partial charge on any atom is 0.264 e. The van der Waals surface area contributed by atoms with Crippen LogP contribution in [0.3, 0.4) is 0 Å². The molecule has 2 aliphatic carbocycles. The number of thiophene rings is 1. The van der Waals surface area contributed by atoms with Crippen LogP contribution in [0.15, 0.2) is 109 Å². The van der Waals surface area contributed by atoms with Crippen LogP contribution in [0.25, 0.3) is 10.1 Å². The predicted octanol–water partition coefficient (Wildman–Crippen LogP) is 16.6. The predicted molar refractivity (Wildman–Crippen MR) is 321 cm³/mol. The number of anilines is 8. The molecular formula is C66H80BN3SSi. The normalized spacial score (nSPS) is 18.3. The summed E-state index contributed by atoms with van der Waals surface area (Å²) >= 11 is 2.06. The first-order valence-corrected chi connectivity index (χ1v) is 31.4. The summed E-state index contributed by atoms with van der Waals surface area (Å²) < 4.78 is 2.89. The lowest BCUT2D eigenvalue weighted by Crippen LogP contribution is -2.61. The van der Waals surface area contributed by atoms with E-state index in [0.717, 1.165) is 17.1 Å². The molecule has 11 rings (SSSR count). The molecule has 0 unspecified atom stereocenters. The summed E-state index contributed by atoms with van der Waals surface area (Å²) in [6.45, 7) is 41.2. The largest absolute Gasteiger partial charge is 0.344 e. The standard InChI is InChI=1S/C66H80BN3SSi/c1-61(2,3)41-19-23-43(24-20-41)69(44-25-21-42(22-26-44)62(4,5)6)46-35-55-58-56(36-46)70(45-27-29-47(30-28-45)72(16,17)18)54-39-51-50(64(9,10)32-33-65(51,11)12)38-53(54)67(58)60-59(68(55)15)48-37-49-52(40-57(48)71-60)66(13,14)34-31-63(49,7)8/h19-30,35-40H,31-34H2,1-18H3. The van der Waals surface area contributed by atoms with Gasteiger partial charge in [0.25, 0.3) is 6.71 Å². The van der Waals surface area contributed by atoms with E-state index in [9.17, 15) is 0 Å². The number of fused-ring (bicyclic) bond motifs is 8. The van der Waals surface area contributed by atoms with Gasteiger partial charge in [-0.25, -0.2) is 0 Å². The molecule has 0 amide bonds. The van der Waals surface area contributed by atoms with Gasteiger partial charge < -0.3 is 14.7 Å². The van der Waals surface area contributed by atoms with Crippen LogP contribution < -0.4 is 35.6 Å². The summed E-state index contributed by atoms with van der Waals surface area (Å²) in [4.78, 5) is 7.81. The van der Waals surface area contributed by atoms with Crippen molar-refractivity contribution in [3.8, 4) is 0 Å². The van der Waals surface area contributed by atoms with E-state index in [2.05, 4.69) is 259 Å². The molecule has 7 aromatic rings. The first kappa shape index (κ1) is 49.2. The van der Waals surface area contributed by atoms with Crippen molar-refractivity contribution in [3.05, 3.63) is 143 Å². The summed E-state index contributed by atoms with van der Waals surface area (Å²) in [5.41, 5.74) is 22.0. The highest BCUT2D eigenvalue weighted by molar-refractivity contribution is 7.33. The van der Waals surface area contributed by atoms with Crippen molar-refractivity contribution in [1.29, 1.82) is 0 Å². The Kier molecular flexibility index (Phi) is 10.9. The smallest absolute Gasteiger partial charge is 0.264 e. The average Bonchev–Trinajstić information content (AvgIpc) is 3.68. The van der Waals surface area contributed by atoms with Gasteiger partial charge in [-0.3, -0.25) is 0 Å². The molecule has 1 aromatic heterocycles. The van der Waals surface area contributed by atoms with Crippen molar-refractivity contribution in [2.24, 2.45) is 0 Å². The van der Waals surface area contributed by atoms with Gasteiger partial charge in [-0.1, -0.05) is 164 Å². The van der Waals surface area contributed by atoms with Crippen molar-refractivity contribution in [2.75, 3.05) is 21.7 Å². The molecular weight excluding hydrogens is 906 g/mol. The number of hydrogen-bond acceptors (Lipinski definition) is 4. The quantitative estimate of drug-likeness (QED) is 0.159. The fourth-order valence-electron chi connectivity index (χ4n) is 13.0. The number of rotatable bonds is 5.